The Balaban J connectivity index is 1.25. The van der Waals surface area contributed by atoms with Gasteiger partial charge in [0, 0.05) is 22.8 Å². The summed E-state index contributed by atoms with van der Waals surface area (Å²) in [7, 11) is 0. The molecule has 0 saturated heterocycles. The topological polar surface area (TPSA) is 68.7 Å². The minimum Gasteiger partial charge on any atom is -0.493 e. The van der Waals surface area contributed by atoms with E-state index in [1.807, 2.05) is 18.2 Å². The second-order valence-corrected chi connectivity index (χ2v) is 10.9. The summed E-state index contributed by atoms with van der Waals surface area (Å²) < 4.78 is 11.9. The van der Waals surface area contributed by atoms with Gasteiger partial charge >= 0.3 is 5.97 Å². The molecule has 0 bridgehead atoms. The zero-order valence-electron chi connectivity index (χ0n) is 20.4. The van der Waals surface area contributed by atoms with Crippen LogP contribution in [-0.4, -0.2) is 29.3 Å². The van der Waals surface area contributed by atoms with E-state index < -0.39 is 5.97 Å². The number of nitrogens with zero attached hydrogens (tertiary/aromatic N) is 1. The smallest absolute Gasteiger partial charge is 0.303 e. The first-order chi connectivity index (χ1) is 16.2. The maximum Gasteiger partial charge on any atom is 0.303 e. The lowest BCUT2D eigenvalue weighted by molar-refractivity contribution is -0.137. The fraction of sp³-hybridized carbons (Fsp3) is 0.429. The van der Waals surface area contributed by atoms with Crippen LogP contribution in [0.4, 0.5) is 0 Å². The summed E-state index contributed by atoms with van der Waals surface area (Å²) in [4.78, 5) is 15.8. The second-order valence-electron chi connectivity index (χ2n) is 10.0. The SMILES string of the molecule is Cc1cc(-c2nc(C(C)(C)C)cs2)ccc1OCCCOc1ccc2c(c1)CC[C@H]2CC(=O)O. The first-order valence-electron chi connectivity index (χ1n) is 11.9. The number of thiazole rings is 1. The molecule has 1 heterocycles. The zero-order chi connectivity index (χ0) is 24.3. The Kier molecular flexibility index (Phi) is 7.27. The van der Waals surface area contributed by atoms with Crippen LogP contribution in [0.1, 0.15) is 68.3 Å². The number of aliphatic carboxylic acids is 1. The Morgan fingerprint density at radius 3 is 2.65 bits per heavy atom. The molecule has 0 spiro atoms. The summed E-state index contributed by atoms with van der Waals surface area (Å²) in [6.45, 7) is 9.76. The zero-order valence-corrected chi connectivity index (χ0v) is 21.2. The Labute approximate surface area is 205 Å². The first-order valence-corrected chi connectivity index (χ1v) is 12.8. The number of ether oxygens (including phenoxy) is 2. The molecule has 180 valence electrons. The van der Waals surface area contributed by atoms with Crippen LogP contribution in [0.5, 0.6) is 11.5 Å². The predicted octanol–water partition coefficient (Wildman–Crippen LogP) is 6.77. The Bertz CT molecular complexity index is 1160. The molecule has 34 heavy (non-hydrogen) atoms. The molecule has 0 radical (unpaired) electrons. The summed E-state index contributed by atoms with van der Waals surface area (Å²) in [6.07, 6.45) is 2.80. The van der Waals surface area contributed by atoms with E-state index in [1.54, 1.807) is 11.3 Å². The van der Waals surface area contributed by atoms with Crippen LogP contribution in [0.15, 0.2) is 41.8 Å². The Hall–Kier alpha value is -2.86. The molecule has 1 aliphatic carbocycles. The number of carbonyl (C=O) groups is 1. The van der Waals surface area contributed by atoms with E-state index in [4.69, 9.17) is 19.6 Å². The van der Waals surface area contributed by atoms with Crippen molar-refractivity contribution in [1.29, 1.82) is 0 Å². The van der Waals surface area contributed by atoms with Crippen LogP contribution in [0.3, 0.4) is 0 Å². The van der Waals surface area contributed by atoms with Crippen LogP contribution in [0.2, 0.25) is 0 Å². The van der Waals surface area contributed by atoms with E-state index >= 15 is 0 Å². The van der Waals surface area contributed by atoms with E-state index in [-0.39, 0.29) is 17.8 Å². The van der Waals surface area contributed by atoms with Gasteiger partial charge in [0.1, 0.15) is 16.5 Å². The maximum atomic E-state index is 11.0. The molecule has 0 amide bonds. The molecule has 0 unspecified atom stereocenters. The van der Waals surface area contributed by atoms with Crippen molar-refractivity contribution in [2.45, 2.75) is 64.7 Å². The summed E-state index contributed by atoms with van der Waals surface area (Å²) in [5.74, 6) is 1.12. The van der Waals surface area contributed by atoms with Gasteiger partial charge in [-0.25, -0.2) is 4.98 Å². The lowest BCUT2D eigenvalue weighted by atomic mass is 9.93. The van der Waals surface area contributed by atoms with Crippen molar-refractivity contribution in [3.05, 3.63) is 64.2 Å². The highest BCUT2D eigenvalue weighted by Crippen LogP contribution is 2.37. The van der Waals surface area contributed by atoms with Gasteiger partial charge < -0.3 is 14.6 Å². The number of hydrogen-bond donors (Lipinski definition) is 1. The first kappa shape index (κ1) is 24.3. The number of rotatable bonds is 9. The quantitative estimate of drug-likeness (QED) is 0.343. The maximum absolute atomic E-state index is 11.0. The lowest BCUT2D eigenvalue weighted by Crippen LogP contribution is -2.11. The van der Waals surface area contributed by atoms with Crippen LogP contribution in [-0.2, 0) is 16.6 Å². The van der Waals surface area contributed by atoms with Crippen LogP contribution >= 0.6 is 11.3 Å². The molecule has 0 aliphatic heterocycles. The van der Waals surface area contributed by atoms with E-state index in [2.05, 4.69) is 51.3 Å². The monoisotopic (exact) mass is 479 g/mol. The van der Waals surface area contributed by atoms with Gasteiger partial charge in [0.15, 0.2) is 0 Å². The third kappa shape index (κ3) is 5.79. The van der Waals surface area contributed by atoms with Crippen molar-refractivity contribution < 1.29 is 19.4 Å². The molecule has 4 rings (SSSR count). The van der Waals surface area contributed by atoms with Gasteiger partial charge in [0.25, 0.3) is 0 Å². The van der Waals surface area contributed by atoms with E-state index in [9.17, 15) is 4.79 Å². The number of benzene rings is 2. The van der Waals surface area contributed by atoms with Gasteiger partial charge in [-0.1, -0.05) is 26.8 Å². The lowest BCUT2D eigenvalue weighted by Gasteiger charge is -2.14. The molecular weight excluding hydrogens is 446 g/mol. The molecule has 3 aromatic rings. The fourth-order valence-electron chi connectivity index (χ4n) is 4.32. The van der Waals surface area contributed by atoms with E-state index in [0.29, 0.717) is 13.2 Å². The third-order valence-electron chi connectivity index (χ3n) is 6.25. The average Bonchev–Trinajstić information content (AvgIpc) is 3.42. The van der Waals surface area contributed by atoms with Crippen LogP contribution in [0, 0.1) is 6.92 Å². The molecular formula is C28H33NO4S. The fourth-order valence-corrected chi connectivity index (χ4v) is 5.36. The van der Waals surface area contributed by atoms with E-state index in [0.717, 1.165) is 58.2 Å². The summed E-state index contributed by atoms with van der Waals surface area (Å²) >= 11 is 1.68. The molecule has 2 aromatic carbocycles. The van der Waals surface area contributed by atoms with Gasteiger partial charge in [-0.15, -0.1) is 11.3 Å². The van der Waals surface area contributed by atoms with Crippen molar-refractivity contribution in [2.75, 3.05) is 13.2 Å². The van der Waals surface area contributed by atoms with Crippen molar-refractivity contribution in [3.8, 4) is 22.1 Å². The molecule has 1 aromatic heterocycles. The van der Waals surface area contributed by atoms with Crippen molar-refractivity contribution >= 4 is 17.3 Å². The standard InChI is InChI=1S/C28H33NO4S/c1-18-14-21(27-29-25(17-34-27)28(2,3)4)8-11-24(18)33-13-5-12-32-22-9-10-23-19(15-22)6-7-20(23)16-26(30)31/h8-11,14-15,17,20H,5-7,12-13,16H2,1-4H3,(H,30,31)/t20-/m0/s1. The molecule has 1 aliphatic rings. The number of aromatic nitrogens is 1. The summed E-state index contributed by atoms with van der Waals surface area (Å²) in [5.41, 5.74) is 5.76. The number of fused-ring (bicyclic) bond motifs is 1. The second kappa shape index (κ2) is 10.2. The van der Waals surface area contributed by atoms with Gasteiger partial charge in [-0.3, -0.25) is 4.79 Å². The van der Waals surface area contributed by atoms with Crippen LogP contribution < -0.4 is 9.47 Å². The number of carboxylic acids is 1. The highest BCUT2D eigenvalue weighted by atomic mass is 32.1. The van der Waals surface area contributed by atoms with Gasteiger partial charge in [0.2, 0.25) is 0 Å². The van der Waals surface area contributed by atoms with Gasteiger partial charge in [-0.05, 0) is 72.7 Å². The van der Waals surface area contributed by atoms with Gasteiger partial charge in [0.05, 0.1) is 25.3 Å². The van der Waals surface area contributed by atoms with Crippen molar-refractivity contribution in [1.82, 2.24) is 4.98 Å². The van der Waals surface area contributed by atoms with Crippen molar-refractivity contribution in [2.24, 2.45) is 0 Å². The summed E-state index contributed by atoms with van der Waals surface area (Å²) in [5, 5.41) is 12.3. The van der Waals surface area contributed by atoms with Crippen molar-refractivity contribution in [3.63, 3.8) is 0 Å². The third-order valence-corrected chi connectivity index (χ3v) is 7.14. The van der Waals surface area contributed by atoms with E-state index in [1.165, 1.54) is 5.56 Å². The van der Waals surface area contributed by atoms with Gasteiger partial charge in [-0.2, -0.15) is 0 Å². The molecule has 5 nitrogen and oxygen atoms in total. The largest absolute Gasteiger partial charge is 0.493 e. The normalized spacial score (nSPS) is 15.2. The Morgan fingerprint density at radius 2 is 1.94 bits per heavy atom. The number of hydrogen-bond acceptors (Lipinski definition) is 5. The molecule has 1 N–H and O–H groups in total. The summed E-state index contributed by atoms with van der Waals surface area (Å²) in [6, 6.07) is 12.3. The number of carboxylic acid groups (broad SMARTS) is 1. The highest BCUT2D eigenvalue weighted by molar-refractivity contribution is 7.13. The molecule has 6 heteroatoms. The molecule has 0 fully saturated rings. The predicted molar refractivity (Wildman–Crippen MR) is 136 cm³/mol. The average molecular weight is 480 g/mol. The highest BCUT2D eigenvalue weighted by Gasteiger charge is 2.25. The van der Waals surface area contributed by atoms with Crippen LogP contribution in [0.25, 0.3) is 10.6 Å². The minimum atomic E-state index is -0.735. The minimum absolute atomic E-state index is 0.0531. The number of aryl methyl sites for hydroxylation is 2. The molecule has 1 atom stereocenters. The molecule has 0 saturated carbocycles. The Morgan fingerprint density at radius 1 is 1.15 bits per heavy atom.